The quantitative estimate of drug-likeness (QED) is 0.856. The Morgan fingerprint density at radius 1 is 1.41 bits per heavy atom. The van der Waals surface area contributed by atoms with Crippen molar-refractivity contribution >= 4 is 0 Å². The lowest BCUT2D eigenvalue weighted by Gasteiger charge is -2.43. The SMILES string of the molecule is COc1cncc(C2(N)CCCC(C)C2C)c1. The average Bonchev–Trinajstić information content (AvgIpc) is 2.36. The zero-order chi connectivity index (χ0) is 12.5. The molecule has 0 aromatic carbocycles. The third-order valence-corrected chi connectivity index (χ3v) is 4.40. The van der Waals surface area contributed by atoms with E-state index < -0.39 is 0 Å². The van der Waals surface area contributed by atoms with E-state index in [1.165, 1.54) is 12.8 Å². The maximum Gasteiger partial charge on any atom is 0.137 e. The summed E-state index contributed by atoms with van der Waals surface area (Å²) >= 11 is 0. The molecule has 0 saturated heterocycles. The topological polar surface area (TPSA) is 48.1 Å². The maximum absolute atomic E-state index is 6.64. The summed E-state index contributed by atoms with van der Waals surface area (Å²) in [4.78, 5) is 4.23. The second kappa shape index (κ2) is 4.65. The Morgan fingerprint density at radius 3 is 2.88 bits per heavy atom. The number of hydrogen-bond donors (Lipinski definition) is 1. The fourth-order valence-corrected chi connectivity index (χ4v) is 2.89. The van der Waals surface area contributed by atoms with E-state index in [2.05, 4.69) is 18.8 Å². The van der Waals surface area contributed by atoms with Crippen molar-refractivity contribution in [1.29, 1.82) is 0 Å². The van der Waals surface area contributed by atoms with Gasteiger partial charge in [0.15, 0.2) is 0 Å². The zero-order valence-corrected chi connectivity index (χ0v) is 10.9. The summed E-state index contributed by atoms with van der Waals surface area (Å²) in [7, 11) is 1.66. The van der Waals surface area contributed by atoms with Crippen molar-refractivity contribution in [1.82, 2.24) is 4.98 Å². The van der Waals surface area contributed by atoms with Crippen LogP contribution in [0.15, 0.2) is 18.5 Å². The molecule has 17 heavy (non-hydrogen) atoms. The van der Waals surface area contributed by atoms with E-state index in [-0.39, 0.29) is 5.54 Å². The summed E-state index contributed by atoms with van der Waals surface area (Å²) in [5.41, 5.74) is 7.50. The minimum Gasteiger partial charge on any atom is -0.495 e. The second-order valence-electron chi connectivity index (χ2n) is 5.31. The van der Waals surface area contributed by atoms with Crippen LogP contribution in [0.5, 0.6) is 5.75 Å². The van der Waals surface area contributed by atoms with Crippen molar-refractivity contribution < 1.29 is 4.74 Å². The van der Waals surface area contributed by atoms with E-state index in [1.807, 2.05) is 12.3 Å². The summed E-state index contributed by atoms with van der Waals surface area (Å²) in [6.07, 6.45) is 7.12. The molecule has 3 atom stereocenters. The molecule has 2 N–H and O–H groups in total. The van der Waals surface area contributed by atoms with Gasteiger partial charge in [0.2, 0.25) is 0 Å². The lowest BCUT2D eigenvalue weighted by atomic mass is 9.66. The fraction of sp³-hybridized carbons (Fsp3) is 0.643. The Kier molecular flexibility index (Phi) is 3.38. The molecule has 94 valence electrons. The molecule has 0 spiro atoms. The third kappa shape index (κ3) is 2.16. The number of methoxy groups -OCH3 is 1. The standard InChI is InChI=1S/C14H22N2O/c1-10-5-4-6-14(15,11(10)2)12-7-13(17-3)9-16-8-12/h7-11H,4-6,15H2,1-3H3. The van der Waals surface area contributed by atoms with E-state index in [0.29, 0.717) is 11.8 Å². The van der Waals surface area contributed by atoms with Gasteiger partial charge in [0.05, 0.1) is 13.3 Å². The van der Waals surface area contributed by atoms with Crippen LogP contribution in [0.4, 0.5) is 0 Å². The smallest absolute Gasteiger partial charge is 0.137 e. The van der Waals surface area contributed by atoms with Gasteiger partial charge in [-0.15, -0.1) is 0 Å². The van der Waals surface area contributed by atoms with Gasteiger partial charge in [0.1, 0.15) is 5.75 Å². The number of rotatable bonds is 2. The molecule has 0 bridgehead atoms. The van der Waals surface area contributed by atoms with Gasteiger partial charge in [0.25, 0.3) is 0 Å². The molecule has 0 aliphatic heterocycles. The van der Waals surface area contributed by atoms with Crippen molar-refractivity contribution in [2.75, 3.05) is 7.11 Å². The highest BCUT2D eigenvalue weighted by Gasteiger charge is 2.39. The number of nitrogens with two attached hydrogens (primary N) is 1. The lowest BCUT2D eigenvalue weighted by molar-refractivity contribution is 0.143. The molecule has 3 heteroatoms. The van der Waals surface area contributed by atoms with E-state index in [4.69, 9.17) is 10.5 Å². The second-order valence-corrected chi connectivity index (χ2v) is 5.31. The van der Waals surface area contributed by atoms with E-state index in [1.54, 1.807) is 13.3 Å². The molecule has 1 aliphatic carbocycles. The van der Waals surface area contributed by atoms with Gasteiger partial charge >= 0.3 is 0 Å². The first kappa shape index (κ1) is 12.4. The molecule has 1 aromatic heterocycles. The Balaban J connectivity index is 2.35. The molecule has 1 saturated carbocycles. The summed E-state index contributed by atoms with van der Waals surface area (Å²) in [6.45, 7) is 4.54. The first-order chi connectivity index (χ1) is 8.08. The lowest BCUT2D eigenvalue weighted by Crippen LogP contribution is -2.48. The van der Waals surface area contributed by atoms with E-state index >= 15 is 0 Å². The molecule has 3 unspecified atom stereocenters. The number of hydrogen-bond acceptors (Lipinski definition) is 3. The van der Waals surface area contributed by atoms with Crippen LogP contribution in [-0.4, -0.2) is 12.1 Å². The maximum atomic E-state index is 6.64. The predicted octanol–water partition coefficient (Wildman–Crippen LogP) is 2.70. The van der Waals surface area contributed by atoms with Crippen LogP contribution in [0, 0.1) is 11.8 Å². The number of nitrogens with zero attached hydrogens (tertiary/aromatic N) is 1. The molecule has 1 fully saturated rings. The van der Waals surface area contributed by atoms with Gasteiger partial charge in [-0.1, -0.05) is 26.7 Å². The Morgan fingerprint density at radius 2 is 2.18 bits per heavy atom. The van der Waals surface area contributed by atoms with Gasteiger partial charge in [-0.3, -0.25) is 4.98 Å². The first-order valence-electron chi connectivity index (χ1n) is 6.36. The molecular formula is C14H22N2O. The van der Waals surface area contributed by atoms with Crippen LogP contribution in [0.2, 0.25) is 0 Å². The van der Waals surface area contributed by atoms with Crippen molar-refractivity contribution in [2.24, 2.45) is 17.6 Å². The molecule has 1 aliphatic rings. The van der Waals surface area contributed by atoms with Crippen molar-refractivity contribution in [3.05, 3.63) is 24.0 Å². The van der Waals surface area contributed by atoms with Gasteiger partial charge in [0, 0.05) is 11.7 Å². The summed E-state index contributed by atoms with van der Waals surface area (Å²) in [5.74, 6) is 1.93. The van der Waals surface area contributed by atoms with Gasteiger partial charge < -0.3 is 10.5 Å². The molecular weight excluding hydrogens is 212 g/mol. The molecule has 1 heterocycles. The summed E-state index contributed by atoms with van der Waals surface area (Å²) in [6, 6.07) is 2.03. The third-order valence-electron chi connectivity index (χ3n) is 4.40. The Hall–Kier alpha value is -1.09. The fourth-order valence-electron chi connectivity index (χ4n) is 2.89. The van der Waals surface area contributed by atoms with Crippen molar-refractivity contribution in [3.8, 4) is 5.75 Å². The van der Waals surface area contributed by atoms with Gasteiger partial charge in [-0.2, -0.15) is 0 Å². The average molecular weight is 234 g/mol. The van der Waals surface area contributed by atoms with Crippen LogP contribution in [0.3, 0.4) is 0 Å². The molecule has 1 aromatic rings. The predicted molar refractivity (Wildman–Crippen MR) is 68.8 cm³/mol. The molecule has 0 radical (unpaired) electrons. The Bertz CT molecular complexity index is 394. The number of pyridine rings is 1. The largest absolute Gasteiger partial charge is 0.495 e. The minimum absolute atomic E-state index is 0.251. The van der Waals surface area contributed by atoms with E-state index in [0.717, 1.165) is 17.7 Å². The highest BCUT2D eigenvalue weighted by Crippen LogP contribution is 2.42. The minimum atomic E-state index is -0.251. The van der Waals surface area contributed by atoms with Crippen LogP contribution >= 0.6 is 0 Å². The van der Waals surface area contributed by atoms with Gasteiger partial charge in [-0.25, -0.2) is 0 Å². The van der Waals surface area contributed by atoms with Gasteiger partial charge in [-0.05, 0) is 29.9 Å². The van der Waals surface area contributed by atoms with Crippen LogP contribution < -0.4 is 10.5 Å². The Labute approximate surface area is 103 Å². The normalized spacial score (nSPS) is 33.4. The van der Waals surface area contributed by atoms with Crippen molar-refractivity contribution in [2.45, 2.75) is 38.6 Å². The van der Waals surface area contributed by atoms with Crippen LogP contribution in [0.1, 0.15) is 38.7 Å². The summed E-state index contributed by atoms with van der Waals surface area (Å²) in [5, 5.41) is 0. The highest BCUT2D eigenvalue weighted by molar-refractivity contribution is 5.30. The number of ether oxygens (including phenoxy) is 1. The molecule has 2 rings (SSSR count). The summed E-state index contributed by atoms with van der Waals surface area (Å²) < 4.78 is 5.23. The first-order valence-corrected chi connectivity index (χ1v) is 6.36. The molecule has 0 amide bonds. The van der Waals surface area contributed by atoms with Crippen LogP contribution in [0.25, 0.3) is 0 Å². The monoisotopic (exact) mass is 234 g/mol. The van der Waals surface area contributed by atoms with Crippen molar-refractivity contribution in [3.63, 3.8) is 0 Å². The number of aromatic nitrogens is 1. The molecule has 3 nitrogen and oxygen atoms in total. The zero-order valence-electron chi connectivity index (χ0n) is 10.9. The highest BCUT2D eigenvalue weighted by atomic mass is 16.5. The van der Waals surface area contributed by atoms with Crippen LogP contribution in [-0.2, 0) is 5.54 Å². The van der Waals surface area contributed by atoms with E-state index in [9.17, 15) is 0 Å².